The van der Waals surface area contributed by atoms with E-state index in [9.17, 15) is 22.8 Å². The first-order chi connectivity index (χ1) is 14.2. The first-order valence-electron chi connectivity index (χ1n) is 9.31. The molecule has 0 aliphatic carbocycles. The fourth-order valence-corrected chi connectivity index (χ4v) is 3.07. The molecule has 30 heavy (non-hydrogen) atoms. The van der Waals surface area contributed by atoms with E-state index in [1.807, 2.05) is 17.9 Å². The van der Waals surface area contributed by atoms with Gasteiger partial charge in [-0.1, -0.05) is 17.7 Å². The first kappa shape index (κ1) is 21.6. The summed E-state index contributed by atoms with van der Waals surface area (Å²) in [5.41, 5.74) is 0.712. The summed E-state index contributed by atoms with van der Waals surface area (Å²) in [6.07, 6.45) is -4.55. The van der Waals surface area contributed by atoms with E-state index in [0.717, 1.165) is 17.7 Å². The van der Waals surface area contributed by atoms with Gasteiger partial charge in [0.15, 0.2) is 6.61 Å². The van der Waals surface area contributed by atoms with Crippen molar-refractivity contribution in [2.24, 2.45) is 0 Å². The second kappa shape index (κ2) is 9.17. The van der Waals surface area contributed by atoms with Gasteiger partial charge in [-0.15, -0.1) is 0 Å². The van der Waals surface area contributed by atoms with Gasteiger partial charge in [0.05, 0.1) is 35.7 Å². The number of aryl methyl sites for hydroxylation is 1. The standard InChI is InChI=1S/C21H21F3N2O4/c1-14-3-2-4-15(11-14)20(28)30-13-19(27)25-17-12-16(21(22,23)24)5-6-18(17)26-7-9-29-10-8-26/h2-6,11-12H,7-10,13H2,1H3,(H,25,27). The molecule has 3 rings (SSSR count). The lowest BCUT2D eigenvalue weighted by Gasteiger charge is -2.31. The van der Waals surface area contributed by atoms with Crippen molar-refractivity contribution in [1.29, 1.82) is 0 Å². The van der Waals surface area contributed by atoms with E-state index < -0.39 is 30.2 Å². The van der Waals surface area contributed by atoms with Gasteiger partial charge in [-0.25, -0.2) is 4.79 Å². The molecule has 0 bridgehead atoms. The molecular weight excluding hydrogens is 401 g/mol. The predicted molar refractivity (Wildman–Crippen MR) is 105 cm³/mol. The van der Waals surface area contributed by atoms with E-state index in [1.54, 1.807) is 18.2 Å². The lowest BCUT2D eigenvalue weighted by atomic mass is 10.1. The first-order valence-corrected chi connectivity index (χ1v) is 9.31. The zero-order valence-corrected chi connectivity index (χ0v) is 16.3. The quantitative estimate of drug-likeness (QED) is 0.746. The number of hydrogen-bond donors (Lipinski definition) is 1. The zero-order valence-electron chi connectivity index (χ0n) is 16.3. The minimum absolute atomic E-state index is 0.00308. The number of halogens is 3. The van der Waals surface area contributed by atoms with Crippen molar-refractivity contribution in [3.8, 4) is 0 Å². The summed E-state index contributed by atoms with van der Waals surface area (Å²) < 4.78 is 49.7. The number of anilines is 2. The molecular formula is C21H21F3N2O4. The molecule has 1 amide bonds. The smallest absolute Gasteiger partial charge is 0.416 e. The molecule has 0 atom stereocenters. The van der Waals surface area contributed by atoms with Crippen LogP contribution in [0.15, 0.2) is 42.5 Å². The molecule has 1 N–H and O–H groups in total. The van der Waals surface area contributed by atoms with Gasteiger partial charge < -0.3 is 19.7 Å². The van der Waals surface area contributed by atoms with Crippen LogP contribution in [-0.2, 0) is 20.4 Å². The number of esters is 1. The number of benzene rings is 2. The molecule has 160 valence electrons. The molecule has 1 aliphatic heterocycles. The van der Waals surface area contributed by atoms with Crippen molar-refractivity contribution < 1.29 is 32.2 Å². The summed E-state index contributed by atoms with van der Waals surface area (Å²) in [7, 11) is 0. The predicted octanol–water partition coefficient (Wildman–Crippen LogP) is 3.65. The van der Waals surface area contributed by atoms with Gasteiger partial charge in [0.2, 0.25) is 0 Å². The zero-order chi connectivity index (χ0) is 21.7. The summed E-state index contributed by atoms with van der Waals surface area (Å²) in [4.78, 5) is 26.2. The highest BCUT2D eigenvalue weighted by molar-refractivity contribution is 5.97. The highest BCUT2D eigenvalue weighted by Gasteiger charge is 2.32. The molecule has 1 aliphatic rings. The number of nitrogens with one attached hydrogen (secondary N) is 1. The lowest BCUT2D eigenvalue weighted by Crippen LogP contribution is -2.37. The Balaban J connectivity index is 1.72. The highest BCUT2D eigenvalue weighted by atomic mass is 19.4. The van der Waals surface area contributed by atoms with Crippen LogP contribution in [0.1, 0.15) is 21.5 Å². The summed E-state index contributed by atoms with van der Waals surface area (Å²) in [5, 5.41) is 2.44. The van der Waals surface area contributed by atoms with Gasteiger partial charge in [0.1, 0.15) is 0 Å². The summed E-state index contributed by atoms with van der Waals surface area (Å²) in [5.74, 6) is -1.42. The summed E-state index contributed by atoms with van der Waals surface area (Å²) in [6.45, 7) is 3.02. The van der Waals surface area contributed by atoms with E-state index in [4.69, 9.17) is 9.47 Å². The third kappa shape index (κ3) is 5.50. The highest BCUT2D eigenvalue weighted by Crippen LogP contribution is 2.35. The Labute approximate surface area is 171 Å². The van der Waals surface area contributed by atoms with Crippen molar-refractivity contribution in [3.05, 3.63) is 59.2 Å². The van der Waals surface area contributed by atoms with E-state index in [-0.39, 0.29) is 11.3 Å². The molecule has 9 heteroatoms. The van der Waals surface area contributed by atoms with Crippen LogP contribution < -0.4 is 10.2 Å². The molecule has 1 saturated heterocycles. The van der Waals surface area contributed by atoms with Crippen LogP contribution in [0.4, 0.5) is 24.5 Å². The fourth-order valence-electron chi connectivity index (χ4n) is 3.07. The van der Waals surface area contributed by atoms with Gasteiger partial charge in [0, 0.05) is 13.1 Å². The van der Waals surface area contributed by atoms with E-state index in [0.29, 0.717) is 32.0 Å². The molecule has 0 unspecified atom stereocenters. The van der Waals surface area contributed by atoms with E-state index >= 15 is 0 Å². The Morgan fingerprint density at radius 3 is 2.53 bits per heavy atom. The number of morpholine rings is 1. The Hall–Kier alpha value is -3.07. The lowest BCUT2D eigenvalue weighted by molar-refractivity contribution is -0.137. The van der Waals surface area contributed by atoms with Crippen LogP contribution in [0.3, 0.4) is 0 Å². The topological polar surface area (TPSA) is 67.9 Å². The number of carbonyl (C=O) groups excluding carboxylic acids is 2. The summed E-state index contributed by atoms with van der Waals surface area (Å²) >= 11 is 0. The molecule has 0 aromatic heterocycles. The van der Waals surface area contributed by atoms with Crippen molar-refractivity contribution in [1.82, 2.24) is 0 Å². The average molecular weight is 422 g/mol. The third-order valence-corrected chi connectivity index (χ3v) is 4.54. The van der Waals surface area contributed by atoms with Gasteiger partial charge in [-0.3, -0.25) is 4.79 Å². The average Bonchev–Trinajstić information content (AvgIpc) is 2.72. The number of amides is 1. The molecule has 0 saturated carbocycles. The van der Waals surface area contributed by atoms with Gasteiger partial charge in [-0.05, 0) is 37.3 Å². The van der Waals surface area contributed by atoms with Crippen LogP contribution in [0.5, 0.6) is 0 Å². The molecule has 2 aromatic rings. The normalized spacial score (nSPS) is 14.3. The number of rotatable bonds is 5. The van der Waals surface area contributed by atoms with Crippen molar-refractivity contribution in [3.63, 3.8) is 0 Å². The maximum Gasteiger partial charge on any atom is 0.416 e. The maximum absolute atomic E-state index is 13.1. The molecule has 1 fully saturated rings. The largest absolute Gasteiger partial charge is 0.452 e. The van der Waals surface area contributed by atoms with Crippen LogP contribution in [0.25, 0.3) is 0 Å². The number of nitrogens with zero attached hydrogens (tertiary/aromatic N) is 1. The Morgan fingerprint density at radius 2 is 1.87 bits per heavy atom. The second-order valence-corrected chi connectivity index (χ2v) is 6.82. The van der Waals surface area contributed by atoms with Crippen LogP contribution in [0, 0.1) is 6.92 Å². The van der Waals surface area contributed by atoms with Gasteiger partial charge in [0.25, 0.3) is 5.91 Å². The number of carbonyl (C=O) groups is 2. The van der Waals surface area contributed by atoms with Crippen molar-refractivity contribution >= 4 is 23.3 Å². The van der Waals surface area contributed by atoms with Crippen LogP contribution in [-0.4, -0.2) is 44.8 Å². The number of ether oxygens (including phenoxy) is 2. The van der Waals surface area contributed by atoms with Gasteiger partial charge in [-0.2, -0.15) is 13.2 Å². The molecule has 1 heterocycles. The van der Waals surface area contributed by atoms with E-state index in [2.05, 4.69) is 5.32 Å². The monoisotopic (exact) mass is 422 g/mol. The molecule has 6 nitrogen and oxygen atoms in total. The minimum Gasteiger partial charge on any atom is -0.452 e. The fraction of sp³-hybridized carbons (Fsp3) is 0.333. The van der Waals surface area contributed by atoms with Crippen molar-refractivity contribution in [2.45, 2.75) is 13.1 Å². The Kier molecular flexibility index (Phi) is 6.61. The Bertz CT molecular complexity index is 925. The van der Waals surface area contributed by atoms with Crippen molar-refractivity contribution in [2.75, 3.05) is 43.1 Å². The second-order valence-electron chi connectivity index (χ2n) is 6.82. The molecule has 0 spiro atoms. The van der Waals surface area contributed by atoms with E-state index in [1.165, 1.54) is 6.07 Å². The number of hydrogen-bond acceptors (Lipinski definition) is 5. The third-order valence-electron chi connectivity index (χ3n) is 4.54. The summed E-state index contributed by atoms with van der Waals surface area (Å²) in [6, 6.07) is 9.83. The molecule has 0 radical (unpaired) electrons. The minimum atomic E-state index is -4.55. The van der Waals surface area contributed by atoms with Gasteiger partial charge >= 0.3 is 12.1 Å². The van der Waals surface area contributed by atoms with Crippen LogP contribution >= 0.6 is 0 Å². The Morgan fingerprint density at radius 1 is 1.13 bits per heavy atom. The molecule has 2 aromatic carbocycles. The number of alkyl halides is 3. The van der Waals surface area contributed by atoms with Crippen LogP contribution in [0.2, 0.25) is 0 Å². The SMILES string of the molecule is Cc1cccc(C(=O)OCC(=O)Nc2cc(C(F)(F)F)ccc2N2CCOCC2)c1. The maximum atomic E-state index is 13.1.